The highest BCUT2D eigenvalue weighted by atomic mass is 35.5. The van der Waals surface area contributed by atoms with Crippen molar-refractivity contribution in [2.75, 3.05) is 20.1 Å². The van der Waals surface area contributed by atoms with Crippen LogP contribution in [-0.4, -0.2) is 37.2 Å². The summed E-state index contributed by atoms with van der Waals surface area (Å²) in [4.78, 5) is 10.5. The van der Waals surface area contributed by atoms with Crippen LogP contribution in [0.15, 0.2) is 9.98 Å². The second kappa shape index (κ2) is 10.7. The second-order valence-electron chi connectivity index (χ2n) is 3.07. The summed E-state index contributed by atoms with van der Waals surface area (Å²) >= 11 is 0. The standard InChI is InChI=1S/C10H21N3.ClH/c1-5-8-13(4)10(6-2)12-9-11-7-3;/h10H,5-8H2,1-4H3;1H. The molecule has 3 nitrogen and oxygen atoms in total. The minimum atomic E-state index is 0. The van der Waals surface area contributed by atoms with Crippen LogP contribution in [0.1, 0.15) is 33.6 Å². The third-order valence-electron chi connectivity index (χ3n) is 1.89. The summed E-state index contributed by atoms with van der Waals surface area (Å²) < 4.78 is 0. The van der Waals surface area contributed by atoms with Crippen LogP contribution in [0.3, 0.4) is 0 Å². The molecule has 84 valence electrons. The topological polar surface area (TPSA) is 28.0 Å². The van der Waals surface area contributed by atoms with E-state index in [1.807, 2.05) is 6.92 Å². The van der Waals surface area contributed by atoms with Gasteiger partial charge in [-0.3, -0.25) is 4.90 Å². The molecule has 0 radical (unpaired) electrons. The van der Waals surface area contributed by atoms with Crippen LogP contribution in [0.2, 0.25) is 0 Å². The van der Waals surface area contributed by atoms with Gasteiger partial charge in [-0.05, 0) is 33.4 Å². The van der Waals surface area contributed by atoms with Crippen molar-refractivity contribution >= 4 is 18.4 Å². The molecule has 1 unspecified atom stereocenters. The number of hydrogen-bond acceptors (Lipinski definition) is 3. The molecule has 0 aliphatic heterocycles. The van der Waals surface area contributed by atoms with Gasteiger partial charge in [-0.2, -0.15) is 0 Å². The normalized spacial score (nSPS) is 11.5. The van der Waals surface area contributed by atoms with Crippen molar-refractivity contribution in [1.82, 2.24) is 4.90 Å². The predicted molar refractivity (Wildman–Crippen MR) is 64.7 cm³/mol. The first-order valence-corrected chi connectivity index (χ1v) is 5.07. The Morgan fingerprint density at radius 1 is 1.29 bits per heavy atom. The van der Waals surface area contributed by atoms with E-state index in [0.717, 1.165) is 25.9 Å². The average Bonchev–Trinajstić information content (AvgIpc) is 2.13. The van der Waals surface area contributed by atoms with Crippen LogP contribution in [0.25, 0.3) is 0 Å². The summed E-state index contributed by atoms with van der Waals surface area (Å²) in [5.74, 6) is 0. The number of rotatable bonds is 6. The highest BCUT2D eigenvalue weighted by molar-refractivity contribution is 5.85. The number of halogens is 1. The molecule has 0 heterocycles. The average molecular weight is 220 g/mol. The Bertz CT molecular complexity index is 176. The summed E-state index contributed by atoms with van der Waals surface area (Å²) in [6.45, 7) is 8.13. The summed E-state index contributed by atoms with van der Waals surface area (Å²) in [6, 6.07) is 2.73. The van der Waals surface area contributed by atoms with Crippen molar-refractivity contribution in [2.45, 2.75) is 39.8 Å². The molecule has 0 aromatic rings. The molecule has 0 N–H and O–H groups in total. The van der Waals surface area contributed by atoms with Gasteiger partial charge in [0.15, 0.2) is 0 Å². The lowest BCUT2D eigenvalue weighted by atomic mass is 10.3. The summed E-state index contributed by atoms with van der Waals surface area (Å²) in [5.41, 5.74) is 0. The minimum absolute atomic E-state index is 0. The van der Waals surface area contributed by atoms with Gasteiger partial charge in [0.1, 0.15) is 6.17 Å². The van der Waals surface area contributed by atoms with Gasteiger partial charge in [-0.25, -0.2) is 9.98 Å². The molecule has 4 heteroatoms. The second-order valence-corrected chi connectivity index (χ2v) is 3.07. The van der Waals surface area contributed by atoms with Gasteiger partial charge in [0.25, 0.3) is 0 Å². The van der Waals surface area contributed by atoms with Crippen LogP contribution in [0, 0.1) is 0 Å². The maximum atomic E-state index is 4.26. The van der Waals surface area contributed by atoms with E-state index >= 15 is 0 Å². The summed E-state index contributed by atoms with van der Waals surface area (Å²) in [6.07, 6.45) is 2.42. The van der Waals surface area contributed by atoms with Crippen molar-refractivity contribution in [2.24, 2.45) is 9.98 Å². The van der Waals surface area contributed by atoms with Crippen molar-refractivity contribution in [3.8, 4) is 0 Å². The third kappa shape index (κ3) is 7.07. The Morgan fingerprint density at radius 3 is 2.36 bits per heavy atom. The highest BCUT2D eigenvalue weighted by Crippen LogP contribution is 2.02. The van der Waals surface area contributed by atoms with Gasteiger partial charge in [0.2, 0.25) is 0 Å². The van der Waals surface area contributed by atoms with Gasteiger partial charge >= 0.3 is 0 Å². The maximum absolute atomic E-state index is 4.26. The zero-order valence-corrected chi connectivity index (χ0v) is 10.5. The Morgan fingerprint density at radius 2 is 1.93 bits per heavy atom. The summed E-state index contributed by atoms with van der Waals surface area (Å²) in [5, 5.41) is 0. The molecule has 0 aromatic carbocycles. The van der Waals surface area contributed by atoms with E-state index in [1.54, 1.807) is 0 Å². The monoisotopic (exact) mass is 219 g/mol. The molecule has 0 saturated heterocycles. The molecular weight excluding hydrogens is 198 g/mol. The van der Waals surface area contributed by atoms with Crippen LogP contribution in [0.5, 0.6) is 0 Å². The molecule has 14 heavy (non-hydrogen) atoms. The van der Waals surface area contributed by atoms with E-state index in [4.69, 9.17) is 0 Å². The zero-order chi connectivity index (χ0) is 10.1. The smallest absolute Gasteiger partial charge is 0.112 e. The number of nitrogens with zero attached hydrogens (tertiary/aromatic N) is 3. The fourth-order valence-electron chi connectivity index (χ4n) is 1.18. The van der Waals surface area contributed by atoms with E-state index < -0.39 is 0 Å². The molecule has 0 aliphatic carbocycles. The van der Waals surface area contributed by atoms with Crippen molar-refractivity contribution in [1.29, 1.82) is 0 Å². The van der Waals surface area contributed by atoms with E-state index in [2.05, 4.69) is 41.8 Å². The quantitative estimate of drug-likeness (QED) is 0.632. The molecule has 0 aromatic heterocycles. The summed E-state index contributed by atoms with van der Waals surface area (Å²) in [7, 11) is 2.09. The Balaban J connectivity index is 0. The molecule has 0 amide bonds. The molecule has 0 aliphatic rings. The lowest BCUT2D eigenvalue weighted by Crippen LogP contribution is -2.30. The van der Waals surface area contributed by atoms with Crippen LogP contribution in [0.4, 0.5) is 0 Å². The SMILES string of the molecule is CCCN(C)C(CC)N=C=NCC.Cl. The van der Waals surface area contributed by atoms with E-state index in [0.29, 0.717) is 0 Å². The van der Waals surface area contributed by atoms with E-state index in [9.17, 15) is 0 Å². The molecule has 0 saturated carbocycles. The number of aliphatic imine (C=N–C) groups is 2. The Kier molecular flexibility index (Phi) is 12.3. The van der Waals surface area contributed by atoms with Crippen molar-refractivity contribution in [3.63, 3.8) is 0 Å². The minimum Gasteiger partial charge on any atom is -0.284 e. The van der Waals surface area contributed by atoms with Crippen LogP contribution < -0.4 is 0 Å². The molecule has 0 rings (SSSR count). The van der Waals surface area contributed by atoms with Crippen molar-refractivity contribution < 1.29 is 0 Å². The first kappa shape index (κ1) is 16.1. The zero-order valence-electron chi connectivity index (χ0n) is 9.66. The van der Waals surface area contributed by atoms with Gasteiger partial charge in [-0.1, -0.05) is 13.8 Å². The largest absolute Gasteiger partial charge is 0.284 e. The molecule has 0 bridgehead atoms. The first-order chi connectivity index (χ1) is 6.26. The molecule has 1 atom stereocenters. The fourth-order valence-corrected chi connectivity index (χ4v) is 1.18. The van der Waals surface area contributed by atoms with Gasteiger partial charge < -0.3 is 0 Å². The number of hydrogen-bond donors (Lipinski definition) is 0. The van der Waals surface area contributed by atoms with Crippen LogP contribution >= 0.6 is 12.4 Å². The van der Waals surface area contributed by atoms with Gasteiger partial charge in [-0.15, -0.1) is 12.4 Å². The van der Waals surface area contributed by atoms with E-state index in [1.165, 1.54) is 0 Å². The Labute approximate surface area is 93.7 Å². The fraction of sp³-hybridized carbons (Fsp3) is 0.900. The third-order valence-corrected chi connectivity index (χ3v) is 1.89. The molecule has 0 spiro atoms. The Hall–Kier alpha value is -0.370. The maximum Gasteiger partial charge on any atom is 0.112 e. The van der Waals surface area contributed by atoms with E-state index in [-0.39, 0.29) is 18.6 Å². The first-order valence-electron chi connectivity index (χ1n) is 5.07. The highest BCUT2D eigenvalue weighted by Gasteiger charge is 2.08. The lowest BCUT2D eigenvalue weighted by Gasteiger charge is -2.21. The van der Waals surface area contributed by atoms with Gasteiger partial charge in [0, 0.05) is 6.54 Å². The lowest BCUT2D eigenvalue weighted by molar-refractivity contribution is 0.244. The van der Waals surface area contributed by atoms with Crippen LogP contribution in [-0.2, 0) is 0 Å². The molecule has 0 fully saturated rings. The predicted octanol–water partition coefficient (Wildman–Crippen LogP) is 2.68. The van der Waals surface area contributed by atoms with Gasteiger partial charge in [0.05, 0.1) is 6.01 Å². The molecular formula is C10H22ClN3. The van der Waals surface area contributed by atoms with Crippen molar-refractivity contribution in [3.05, 3.63) is 0 Å².